The Kier molecular flexibility index (Phi) is 5.77. The maximum absolute atomic E-state index is 13.0. The van der Waals surface area contributed by atoms with Crippen molar-refractivity contribution in [3.05, 3.63) is 47.7 Å². The second kappa shape index (κ2) is 8.06. The van der Waals surface area contributed by atoms with E-state index in [1.165, 1.54) is 0 Å². The molecule has 0 N–H and O–H groups in total. The summed E-state index contributed by atoms with van der Waals surface area (Å²) in [7, 11) is 0. The van der Waals surface area contributed by atoms with Gasteiger partial charge < -0.3 is 9.64 Å². The highest BCUT2D eigenvalue weighted by molar-refractivity contribution is 5.80. The maximum atomic E-state index is 13.0. The standard InChI is InChI=1S/C18H19F2N3O2.C2H6/c19-18(20)9-14(10-18)17(24)22-6-7-23-15(11-22)8-16(21-23)25-12-13-4-2-1-3-5-13;1-2/h1-5,8,14H,6-7,9-12H2;1-2H3. The first-order valence-electron chi connectivity index (χ1n) is 9.40. The van der Waals surface area contributed by atoms with Crippen molar-refractivity contribution in [3.8, 4) is 5.88 Å². The van der Waals surface area contributed by atoms with E-state index in [1.807, 2.05) is 54.9 Å². The zero-order valence-electron chi connectivity index (χ0n) is 15.7. The van der Waals surface area contributed by atoms with E-state index >= 15 is 0 Å². The molecule has 0 saturated heterocycles. The van der Waals surface area contributed by atoms with Gasteiger partial charge in [0.2, 0.25) is 17.7 Å². The van der Waals surface area contributed by atoms with Gasteiger partial charge in [0, 0.05) is 31.4 Å². The molecule has 0 atom stereocenters. The van der Waals surface area contributed by atoms with Gasteiger partial charge in [-0.3, -0.25) is 9.48 Å². The monoisotopic (exact) mass is 377 g/mol. The molecule has 2 aliphatic rings. The smallest absolute Gasteiger partial charge is 0.249 e. The summed E-state index contributed by atoms with van der Waals surface area (Å²) in [5, 5.41) is 4.40. The Balaban J connectivity index is 0.00000102. The summed E-state index contributed by atoms with van der Waals surface area (Å²) in [5.41, 5.74) is 1.92. The fourth-order valence-electron chi connectivity index (χ4n) is 3.32. The molecule has 146 valence electrons. The lowest BCUT2D eigenvalue weighted by Crippen LogP contribution is -2.48. The molecule has 1 aromatic heterocycles. The number of ether oxygens (including phenoxy) is 1. The van der Waals surface area contributed by atoms with E-state index in [0.717, 1.165) is 11.3 Å². The lowest BCUT2D eigenvalue weighted by atomic mass is 9.80. The van der Waals surface area contributed by atoms with Gasteiger partial charge in [-0.05, 0) is 5.56 Å². The Morgan fingerprint density at radius 2 is 1.93 bits per heavy atom. The molecule has 1 aliphatic carbocycles. The summed E-state index contributed by atoms with van der Waals surface area (Å²) in [5.74, 6) is -2.87. The second-order valence-electron chi connectivity index (χ2n) is 6.69. The van der Waals surface area contributed by atoms with Crippen LogP contribution >= 0.6 is 0 Å². The van der Waals surface area contributed by atoms with Crippen LogP contribution in [0.4, 0.5) is 8.78 Å². The highest BCUT2D eigenvalue weighted by Crippen LogP contribution is 2.43. The SMILES string of the molecule is CC.O=C(C1CC(F)(F)C1)N1CCn2nc(OCc3ccccc3)cc2C1. The molecule has 4 rings (SSSR count). The number of rotatable bonds is 4. The quantitative estimate of drug-likeness (QED) is 0.813. The number of aromatic nitrogens is 2. The predicted molar refractivity (Wildman–Crippen MR) is 97.4 cm³/mol. The van der Waals surface area contributed by atoms with Crippen LogP contribution in [0.3, 0.4) is 0 Å². The first-order chi connectivity index (χ1) is 13.0. The molecular weight excluding hydrogens is 352 g/mol. The van der Waals surface area contributed by atoms with Gasteiger partial charge in [0.1, 0.15) is 6.61 Å². The molecule has 2 heterocycles. The van der Waals surface area contributed by atoms with E-state index in [4.69, 9.17) is 4.74 Å². The Labute approximate surface area is 157 Å². The number of carbonyl (C=O) groups is 1. The van der Waals surface area contributed by atoms with Gasteiger partial charge in [-0.2, -0.15) is 0 Å². The van der Waals surface area contributed by atoms with Gasteiger partial charge in [0.05, 0.1) is 18.8 Å². The molecule has 1 aromatic carbocycles. The van der Waals surface area contributed by atoms with Crippen molar-refractivity contribution >= 4 is 5.91 Å². The van der Waals surface area contributed by atoms with Gasteiger partial charge in [0.15, 0.2) is 0 Å². The van der Waals surface area contributed by atoms with Crippen molar-refractivity contribution in [1.29, 1.82) is 0 Å². The number of hydrogen-bond acceptors (Lipinski definition) is 3. The van der Waals surface area contributed by atoms with Gasteiger partial charge in [-0.25, -0.2) is 8.78 Å². The normalized spacial score (nSPS) is 18.0. The Morgan fingerprint density at radius 1 is 1.22 bits per heavy atom. The number of hydrogen-bond donors (Lipinski definition) is 0. The minimum Gasteiger partial charge on any atom is -0.472 e. The molecule has 1 saturated carbocycles. The third-order valence-electron chi connectivity index (χ3n) is 4.76. The zero-order valence-corrected chi connectivity index (χ0v) is 15.7. The first-order valence-corrected chi connectivity index (χ1v) is 9.40. The predicted octanol–water partition coefficient (Wildman–Crippen LogP) is 3.88. The summed E-state index contributed by atoms with van der Waals surface area (Å²) in [6, 6.07) is 11.6. The highest BCUT2D eigenvalue weighted by Gasteiger charge is 2.50. The van der Waals surface area contributed by atoms with E-state index < -0.39 is 11.8 Å². The van der Waals surface area contributed by atoms with Gasteiger partial charge in [0.25, 0.3) is 0 Å². The molecule has 1 fully saturated rings. The van der Waals surface area contributed by atoms with E-state index in [1.54, 1.807) is 4.90 Å². The molecule has 0 spiro atoms. The van der Waals surface area contributed by atoms with Crippen LogP contribution in [0.25, 0.3) is 0 Å². The molecule has 5 nitrogen and oxygen atoms in total. The minimum atomic E-state index is -2.67. The van der Waals surface area contributed by atoms with E-state index in [9.17, 15) is 13.6 Å². The highest BCUT2D eigenvalue weighted by atomic mass is 19.3. The van der Waals surface area contributed by atoms with Crippen LogP contribution in [0.5, 0.6) is 5.88 Å². The lowest BCUT2D eigenvalue weighted by molar-refractivity contribution is -0.161. The van der Waals surface area contributed by atoms with Crippen molar-refractivity contribution in [2.45, 2.75) is 52.3 Å². The van der Waals surface area contributed by atoms with Crippen molar-refractivity contribution in [2.24, 2.45) is 5.92 Å². The van der Waals surface area contributed by atoms with E-state index in [-0.39, 0.29) is 18.7 Å². The Morgan fingerprint density at radius 3 is 2.59 bits per heavy atom. The number of nitrogens with zero attached hydrogens (tertiary/aromatic N) is 3. The van der Waals surface area contributed by atoms with Crippen LogP contribution in [0.1, 0.15) is 37.9 Å². The van der Waals surface area contributed by atoms with Gasteiger partial charge >= 0.3 is 0 Å². The summed E-state index contributed by atoms with van der Waals surface area (Å²) < 4.78 is 33.5. The molecule has 0 radical (unpaired) electrons. The summed E-state index contributed by atoms with van der Waals surface area (Å²) in [4.78, 5) is 14.0. The van der Waals surface area contributed by atoms with Crippen molar-refractivity contribution < 1.29 is 18.3 Å². The van der Waals surface area contributed by atoms with Crippen molar-refractivity contribution in [2.75, 3.05) is 6.54 Å². The lowest BCUT2D eigenvalue weighted by Gasteiger charge is -2.38. The molecule has 2 aromatic rings. The topological polar surface area (TPSA) is 47.4 Å². The third kappa shape index (κ3) is 4.46. The minimum absolute atomic E-state index is 0.176. The molecule has 1 aliphatic heterocycles. The summed E-state index contributed by atoms with van der Waals surface area (Å²) in [6.45, 7) is 5.87. The fourth-order valence-corrected chi connectivity index (χ4v) is 3.32. The van der Waals surface area contributed by atoms with Crippen LogP contribution in [0.15, 0.2) is 36.4 Å². The number of amides is 1. The average molecular weight is 377 g/mol. The number of carbonyl (C=O) groups excluding carboxylic acids is 1. The molecule has 7 heteroatoms. The molecule has 0 unspecified atom stereocenters. The van der Waals surface area contributed by atoms with Crippen LogP contribution in [0.2, 0.25) is 0 Å². The van der Waals surface area contributed by atoms with Crippen LogP contribution in [0, 0.1) is 5.92 Å². The average Bonchev–Trinajstić information content (AvgIpc) is 3.08. The number of benzene rings is 1. The van der Waals surface area contributed by atoms with Crippen molar-refractivity contribution in [3.63, 3.8) is 0 Å². The molecule has 0 bridgehead atoms. The number of halogens is 2. The molecule has 27 heavy (non-hydrogen) atoms. The maximum Gasteiger partial charge on any atom is 0.249 e. The number of fused-ring (bicyclic) bond motifs is 1. The van der Waals surface area contributed by atoms with Crippen LogP contribution in [-0.2, 0) is 24.5 Å². The second-order valence-corrected chi connectivity index (χ2v) is 6.69. The first kappa shape index (κ1) is 19.3. The third-order valence-corrected chi connectivity index (χ3v) is 4.76. The number of alkyl halides is 2. The van der Waals surface area contributed by atoms with E-state index in [2.05, 4.69) is 5.10 Å². The Hall–Kier alpha value is -2.44. The fraction of sp³-hybridized carbons (Fsp3) is 0.500. The molecular formula is C20H25F2N3O2. The molecule has 1 amide bonds. The van der Waals surface area contributed by atoms with Gasteiger partial charge in [-0.15, -0.1) is 5.10 Å². The summed E-state index contributed by atoms with van der Waals surface area (Å²) >= 11 is 0. The van der Waals surface area contributed by atoms with Crippen molar-refractivity contribution in [1.82, 2.24) is 14.7 Å². The van der Waals surface area contributed by atoms with Crippen LogP contribution in [-0.4, -0.2) is 33.1 Å². The van der Waals surface area contributed by atoms with Gasteiger partial charge in [-0.1, -0.05) is 44.2 Å². The van der Waals surface area contributed by atoms with Crippen LogP contribution < -0.4 is 4.74 Å². The Bertz CT molecular complexity index is 769. The van der Waals surface area contributed by atoms with E-state index in [0.29, 0.717) is 32.1 Å². The largest absolute Gasteiger partial charge is 0.472 e. The summed E-state index contributed by atoms with van der Waals surface area (Å²) in [6.07, 6.45) is -0.653. The zero-order chi connectivity index (χ0) is 19.4.